The fourth-order valence-electron chi connectivity index (χ4n) is 2.04. The second-order valence-corrected chi connectivity index (χ2v) is 5.22. The van der Waals surface area contributed by atoms with Crippen LogP contribution in [-0.4, -0.2) is 34.8 Å². The Kier molecular flexibility index (Phi) is 5.58. The summed E-state index contributed by atoms with van der Waals surface area (Å²) in [5.41, 5.74) is 1.38. The summed E-state index contributed by atoms with van der Waals surface area (Å²) in [4.78, 5) is 24.9. The van der Waals surface area contributed by atoms with Gasteiger partial charge in [-0.1, -0.05) is 19.9 Å². The quantitative estimate of drug-likeness (QED) is 0.777. The van der Waals surface area contributed by atoms with E-state index in [1.54, 1.807) is 32.9 Å². The highest BCUT2D eigenvalue weighted by molar-refractivity contribution is 5.95. The van der Waals surface area contributed by atoms with Gasteiger partial charge in [0, 0.05) is 12.6 Å². The summed E-state index contributed by atoms with van der Waals surface area (Å²) in [7, 11) is 0. The number of aliphatic carboxylic acids is 1. The monoisotopic (exact) mass is 294 g/mol. The molecule has 0 bridgehead atoms. The van der Waals surface area contributed by atoms with Gasteiger partial charge in [-0.25, -0.2) is 9.59 Å². The van der Waals surface area contributed by atoms with E-state index < -0.39 is 18.0 Å². The van der Waals surface area contributed by atoms with Crippen LogP contribution < -0.4 is 10.2 Å². The average molecular weight is 294 g/mol. The largest absolute Gasteiger partial charge is 0.508 e. The molecule has 0 heterocycles. The number of nitrogens with zero attached hydrogens (tertiary/aromatic N) is 1. The molecular formula is C15H22N2O4. The van der Waals surface area contributed by atoms with Crippen molar-refractivity contribution in [1.29, 1.82) is 0 Å². The predicted molar refractivity (Wildman–Crippen MR) is 80.7 cm³/mol. The fraction of sp³-hybridized carbons (Fsp3) is 0.467. The molecule has 0 saturated carbocycles. The van der Waals surface area contributed by atoms with E-state index in [2.05, 4.69) is 5.32 Å². The maximum atomic E-state index is 12.3. The highest BCUT2D eigenvalue weighted by Crippen LogP contribution is 2.25. The molecule has 0 aliphatic heterocycles. The van der Waals surface area contributed by atoms with Gasteiger partial charge in [-0.05, 0) is 31.4 Å². The zero-order chi connectivity index (χ0) is 16.2. The highest BCUT2D eigenvalue weighted by Gasteiger charge is 2.26. The van der Waals surface area contributed by atoms with Gasteiger partial charge in [0.25, 0.3) is 0 Å². The standard InChI is InChI=1S/C15H22N2O4/c1-5-17(12-8-11(18)7-6-10(12)4)15(21)16-13(9(2)3)14(19)20/h6-9,13,18H,5H2,1-4H3,(H,16,21)(H,19,20)/t13-/m1/s1. The number of phenols is 1. The SMILES string of the molecule is CCN(C(=O)N[C@@H](C(=O)O)C(C)C)c1cc(O)ccc1C. The Balaban J connectivity index is 3.01. The lowest BCUT2D eigenvalue weighted by atomic mass is 10.1. The van der Waals surface area contributed by atoms with Gasteiger partial charge >= 0.3 is 12.0 Å². The number of hydrogen-bond acceptors (Lipinski definition) is 3. The van der Waals surface area contributed by atoms with Crippen molar-refractivity contribution in [2.75, 3.05) is 11.4 Å². The van der Waals surface area contributed by atoms with Gasteiger partial charge in [-0.2, -0.15) is 0 Å². The molecule has 0 saturated heterocycles. The average Bonchev–Trinajstić information content (AvgIpc) is 2.40. The molecular weight excluding hydrogens is 272 g/mol. The summed E-state index contributed by atoms with van der Waals surface area (Å²) in [5.74, 6) is -1.24. The van der Waals surface area contributed by atoms with E-state index in [1.807, 2.05) is 6.92 Å². The number of benzene rings is 1. The third-order valence-corrected chi connectivity index (χ3v) is 3.26. The number of carbonyl (C=O) groups is 2. The molecule has 2 amide bonds. The molecule has 0 spiro atoms. The third kappa shape index (κ3) is 4.11. The van der Waals surface area contributed by atoms with Crippen molar-refractivity contribution in [3.8, 4) is 5.75 Å². The van der Waals surface area contributed by atoms with Crippen molar-refractivity contribution in [3.63, 3.8) is 0 Å². The number of carbonyl (C=O) groups excluding carboxylic acids is 1. The number of aromatic hydroxyl groups is 1. The van der Waals surface area contributed by atoms with Crippen LogP contribution >= 0.6 is 0 Å². The van der Waals surface area contributed by atoms with Crippen molar-refractivity contribution in [2.24, 2.45) is 5.92 Å². The first-order valence-corrected chi connectivity index (χ1v) is 6.88. The lowest BCUT2D eigenvalue weighted by Gasteiger charge is -2.26. The van der Waals surface area contributed by atoms with Gasteiger partial charge < -0.3 is 15.5 Å². The summed E-state index contributed by atoms with van der Waals surface area (Å²) in [6.07, 6.45) is 0. The van der Waals surface area contributed by atoms with Crippen LogP contribution in [0.4, 0.5) is 10.5 Å². The first-order valence-electron chi connectivity index (χ1n) is 6.88. The summed E-state index contributed by atoms with van der Waals surface area (Å²) < 4.78 is 0. The van der Waals surface area contributed by atoms with E-state index in [0.29, 0.717) is 12.2 Å². The van der Waals surface area contributed by atoms with Gasteiger partial charge in [0.1, 0.15) is 11.8 Å². The zero-order valence-electron chi connectivity index (χ0n) is 12.8. The Morgan fingerprint density at radius 1 is 1.33 bits per heavy atom. The molecule has 6 nitrogen and oxygen atoms in total. The minimum absolute atomic E-state index is 0.0560. The molecule has 0 unspecified atom stereocenters. The van der Waals surface area contributed by atoms with E-state index in [9.17, 15) is 14.7 Å². The zero-order valence-corrected chi connectivity index (χ0v) is 12.8. The Bertz CT molecular complexity index is 528. The molecule has 0 fully saturated rings. The normalized spacial score (nSPS) is 12.0. The van der Waals surface area contributed by atoms with Crippen molar-refractivity contribution < 1.29 is 19.8 Å². The first kappa shape index (κ1) is 16.8. The Morgan fingerprint density at radius 3 is 2.43 bits per heavy atom. The minimum atomic E-state index is -1.07. The molecule has 3 N–H and O–H groups in total. The van der Waals surface area contributed by atoms with Crippen LogP contribution in [0.3, 0.4) is 0 Å². The minimum Gasteiger partial charge on any atom is -0.508 e. The summed E-state index contributed by atoms with van der Waals surface area (Å²) >= 11 is 0. The second-order valence-electron chi connectivity index (χ2n) is 5.22. The molecule has 0 aromatic heterocycles. The van der Waals surface area contributed by atoms with E-state index in [4.69, 9.17) is 5.11 Å². The van der Waals surface area contributed by atoms with Crippen molar-refractivity contribution >= 4 is 17.7 Å². The van der Waals surface area contributed by atoms with Crippen LogP contribution in [0.5, 0.6) is 5.75 Å². The van der Waals surface area contributed by atoms with E-state index in [-0.39, 0.29) is 11.7 Å². The number of hydrogen-bond donors (Lipinski definition) is 3. The molecule has 6 heteroatoms. The third-order valence-electron chi connectivity index (χ3n) is 3.26. The van der Waals surface area contributed by atoms with E-state index >= 15 is 0 Å². The number of nitrogens with one attached hydrogen (secondary N) is 1. The summed E-state index contributed by atoms with van der Waals surface area (Å²) in [5, 5.41) is 21.2. The van der Waals surface area contributed by atoms with Crippen LogP contribution in [0.15, 0.2) is 18.2 Å². The molecule has 0 aliphatic rings. The number of phenolic OH excluding ortho intramolecular Hbond substituents is 1. The van der Waals surface area contributed by atoms with Crippen LogP contribution in [0.2, 0.25) is 0 Å². The molecule has 21 heavy (non-hydrogen) atoms. The molecule has 0 radical (unpaired) electrons. The predicted octanol–water partition coefficient (Wildman–Crippen LogP) is 2.35. The Labute approximate surface area is 124 Å². The molecule has 1 rings (SSSR count). The van der Waals surface area contributed by atoms with Crippen LogP contribution in [0.1, 0.15) is 26.3 Å². The maximum Gasteiger partial charge on any atom is 0.326 e. The fourth-order valence-corrected chi connectivity index (χ4v) is 2.04. The van der Waals surface area contributed by atoms with Crippen molar-refractivity contribution in [2.45, 2.75) is 33.7 Å². The number of urea groups is 1. The van der Waals surface area contributed by atoms with Gasteiger partial charge in [0.15, 0.2) is 0 Å². The van der Waals surface area contributed by atoms with Crippen LogP contribution in [0.25, 0.3) is 0 Å². The van der Waals surface area contributed by atoms with Gasteiger partial charge in [0.2, 0.25) is 0 Å². The lowest BCUT2D eigenvalue weighted by molar-refractivity contribution is -0.140. The Morgan fingerprint density at radius 2 is 1.95 bits per heavy atom. The number of carboxylic acid groups (broad SMARTS) is 1. The van der Waals surface area contributed by atoms with Gasteiger partial charge in [0.05, 0.1) is 5.69 Å². The Hall–Kier alpha value is -2.24. The van der Waals surface area contributed by atoms with Crippen LogP contribution in [-0.2, 0) is 4.79 Å². The lowest BCUT2D eigenvalue weighted by Crippen LogP contribution is -2.50. The molecule has 1 aromatic rings. The van der Waals surface area contributed by atoms with Crippen molar-refractivity contribution in [3.05, 3.63) is 23.8 Å². The highest BCUT2D eigenvalue weighted by atomic mass is 16.4. The maximum absolute atomic E-state index is 12.3. The van der Waals surface area contributed by atoms with Crippen molar-refractivity contribution in [1.82, 2.24) is 5.32 Å². The number of anilines is 1. The molecule has 0 aliphatic carbocycles. The summed E-state index contributed by atoms with van der Waals surface area (Å²) in [6, 6.07) is 3.29. The second kappa shape index (κ2) is 6.97. The van der Waals surface area contributed by atoms with Gasteiger partial charge in [-0.15, -0.1) is 0 Å². The topological polar surface area (TPSA) is 89.9 Å². The smallest absolute Gasteiger partial charge is 0.326 e. The molecule has 1 atom stereocenters. The number of carboxylic acids is 1. The number of rotatable bonds is 5. The van der Waals surface area contributed by atoms with Crippen LogP contribution in [0, 0.1) is 12.8 Å². The molecule has 116 valence electrons. The number of aryl methyl sites for hydroxylation is 1. The van der Waals surface area contributed by atoms with Gasteiger partial charge in [-0.3, -0.25) is 4.90 Å². The molecule has 1 aromatic carbocycles. The first-order chi connectivity index (χ1) is 9.77. The summed E-state index contributed by atoms with van der Waals surface area (Å²) in [6.45, 7) is 7.43. The van der Waals surface area contributed by atoms with E-state index in [0.717, 1.165) is 5.56 Å². The number of amides is 2. The van der Waals surface area contributed by atoms with E-state index in [1.165, 1.54) is 11.0 Å².